The lowest BCUT2D eigenvalue weighted by Gasteiger charge is -2.30. The number of hydrogen-bond acceptors (Lipinski definition) is 8. The van der Waals surface area contributed by atoms with Gasteiger partial charge in [-0.1, -0.05) is 5.16 Å². The maximum absolute atomic E-state index is 14.7. The third-order valence-electron chi connectivity index (χ3n) is 5.71. The number of carbonyl (C=O) groups excluding carboxylic acids is 1. The minimum atomic E-state index is -1.23. The van der Waals surface area contributed by atoms with Crippen molar-refractivity contribution in [2.24, 2.45) is 0 Å². The van der Waals surface area contributed by atoms with Gasteiger partial charge in [-0.15, -0.1) is 0 Å². The molecule has 5 rings (SSSR count). The van der Waals surface area contributed by atoms with Gasteiger partial charge in [0.15, 0.2) is 24.2 Å². The lowest BCUT2D eigenvalue weighted by molar-refractivity contribution is -0.187. The second-order valence-corrected chi connectivity index (χ2v) is 7.70. The molecule has 0 aliphatic carbocycles. The molecule has 3 atom stereocenters. The van der Waals surface area contributed by atoms with Crippen LogP contribution >= 0.6 is 0 Å². The molecular formula is C20H22F2N2O7. The molecule has 1 aromatic carbocycles. The third-order valence-corrected chi connectivity index (χ3v) is 5.71. The first-order valence-corrected chi connectivity index (χ1v) is 10.3. The molecule has 0 spiro atoms. The van der Waals surface area contributed by atoms with Crippen LogP contribution in [-0.2, 0) is 23.7 Å². The Hall–Kier alpha value is -2.34. The summed E-state index contributed by atoms with van der Waals surface area (Å²) in [4.78, 5) is 13.8. The van der Waals surface area contributed by atoms with Crippen LogP contribution in [0, 0.1) is 11.6 Å². The summed E-state index contributed by atoms with van der Waals surface area (Å²) in [6.07, 6.45) is 0.170. The first kappa shape index (κ1) is 20.6. The number of carbonyl (C=O) groups is 1. The molecule has 1 amide bonds. The highest BCUT2D eigenvalue weighted by molar-refractivity contribution is 5.99. The number of hydrogen-bond donors (Lipinski definition) is 0. The van der Waals surface area contributed by atoms with E-state index in [-0.39, 0.29) is 42.9 Å². The van der Waals surface area contributed by atoms with Gasteiger partial charge < -0.3 is 28.2 Å². The number of benzene rings is 1. The summed E-state index contributed by atoms with van der Waals surface area (Å²) in [5, 5.41) is 3.96. The number of cyclic esters (lactones) is 1. The second kappa shape index (κ2) is 8.30. The Bertz CT molecular complexity index is 972. The molecule has 4 heterocycles. The van der Waals surface area contributed by atoms with Crippen LogP contribution in [0.25, 0.3) is 11.0 Å². The maximum atomic E-state index is 14.7. The minimum Gasteiger partial charge on any atom is -0.447 e. The van der Waals surface area contributed by atoms with Gasteiger partial charge in [0.1, 0.15) is 12.6 Å². The van der Waals surface area contributed by atoms with Crippen LogP contribution in [0.2, 0.25) is 0 Å². The molecule has 9 nitrogen and oxygen atoms in total. The zero-order chi connectivity index (χ0) is 21.5. The number of ether oxygens (including phenoxy) is 5. The molecular weight excluding hydrogens is 418 g/mol. The fraction of sp³-hybridized carbons (Fsp3) is 0.600. The van der Waals surface area contributed by atoms with E-state index in [4.69, 9.17) is 28.2 Å². The van der Waals surface area contributed by atoms with Crippen molar-refractivity contribution in [2.75, 3.05) is 31.3 Å². The van der Waals surface area contributed by atoms with Gasteiger partial charge in [-0.25, -0.2) is 14.1 Å². The molecule has 11 heteroatoms. The highest BCUT2D eigenvalue weighted by Gasteiger charge is 2.42. The summed E-state index contributed by atoms with van der Waals surface area (Å²) >= 11 is 0. The van der Waals surface area contributed by atoms with E-state index in [9.17, 15) is 13.6 Å². The third kappa shape index (κ3) is 3.65. The van der Waals surface area contributed by atoms with Gasteiger partial charge in [-0.3, -0.25) is 0 Å². The zero-order valence-corrected chi connectivity index (χ0v) is 16.8. The summed E-state index contributed by atoms with van der Waals surface area (Å²) in [5.74, 6) is -2.36. The lowest BCUT2D eigenvalue weighted by atomic mass is 10.1. The Labute approximate surface area is 176 Å². The molecule has 3 fully saturated rings. The second-order valence-electron chi connectivity index (χ2n) is 7.70. The van der Waals surface area contributed by atoms with Crippen LogP contribution in [0.5, 0.6) is 0 Å². The predicted molar refractivity (Wildman–Crippen MR) is 100 cm³/mol. The molecule has 0 radical (unpaired) electrons. The fourth-order valence-electron chi connectivity index (χ4n) is 4.08. The molecule has 31 heavy (non-hydrogen) atoms. The molecule has 168 valence electrons. The Morgan fingerprint density at radius 1 is 1.16 bits per heavy atom. The molecule has 3 aliphatic heterocycles. The monoisotopic (exact) mass is 440 g/mol. The summed E-state index contributed by atoms with van der Waals surface area (Å²) in [6, 6.07) is 0.774. The van der Waals surface area contributed by atoms with Crippen molar-refractivity contribution in [1.82, 2.24) is 5.16 Å². The van der Waals surface area contributed by atoms with E-state index in [1.165, 1.54) is 11.0 Å². The van der Waals surface area contributed by atoms with Crippen LogP contribution in [0.3, 0.4) is 0 Å². The van der Waals surface area contributed by atoms with Crippen molar-refractivity contribution in [1.29, 1.82) is 0 Å². The maximum Gasteiger partial charge on any atom is 0.416 e. The minimum absolute atomic E-state index is 0.0145. The molecule has 3 saturated heterocycles. The van der Waals surface area contributed by atoms with Crippen LogP contribution in [0.15, 0.2) is 10.6 Å². The first-order chi connectivity index (χ1) is 15.0. The van der Waals surface area contributed by atoms with Gasteiger partial charge >= 0.3 is 6.09 Å². The van der Waals surface area contributed by atoms with E-state index in [2.05, 4.69) is 5.16 Å². The Kier molecular flexibility index (Phi) is 5.51. The normalized spacial score (nSPS) is 26.0. The van der Waals surface area contributed by atoms with Gasteiger partial charge in [-0.05, 0) is 32.3 Å². The van der Waals surface area contributed by atoms with Crippen molar-refractivity contribution in [3.63, 3.8) is 0 Å². The zero-order valence-electron chi connectivity index (χ0n) is 16.8. The van der Waals surface area contributed by atoms with E-state index in [0.717, 1.165) is 19.3 Å². The van der Waals surface area contributed by atoms with Crippen molar-refractivity contribution in [3.05, 3.63) is 23.3 Å². The Morgan fingerprint density at radius 3 is 2.71 bits per heavy atom. The van der Waals surface area contributed by atoms with Crippen LogP contribution in [-0.4, -0.2) is 56.1 Å². The summed E-state index contributed by atoms with van der Waals surface area (Å²) < 4.78 is 61.7. The van der Waals surface area contributed by atoms with E-state index in [1.54, 1.807) is 6.92 Å². The fourth-order valence-corrected chi connectivity index (χ4v) is 4.08. The Morgan fingerprint density at radius 2 is 1.97 bits per heavy atom. The highest BCUT2D eigenvalue weighted by Crippen LogP contribution is 2.38. The van der Waals surface area contributed by atoms with E-state index in [0.29, 0.717) is 6.61 Å². The van der Waals surface area contributed by atoms with E-state index >= 15 is 0 Å². The average Bonchev–Trinajstić information content (AvgIpc) is 3.51. The number of aromatic nitrogens is 1. The van der Waals surface area contributed by atoms with Crippen molar-refractivity contribution >= 4 is 22.9 Å². The average molecular weight is 440 g/mol. The number of fused-ring (bicyclic) bond motifs is 1. The number of halogens is 2. The smallest absolute Gasteiger partial charge is 0.416 e. The Balaban J connectivity index is 1.48. The van der Waals surface area contributed by atoms with Crippen LogP contribution in [0.4, 0.5) is 19.4 Å². The van der Waals surface area contributed by atoms with Crippen molar-refractivity contribution in [2.45, 2.75) is 50.9 Å². The van der Waals surface area contributed by atoms with E-state index < -0.39 is 41.7 Å². The predicted octanol–water partition coefficient (Wildman–Crippen LogP) is 3.41. The van der Waals surface area contributed by atoms with Gasteiger partial charge in [-0.2, -0.15) is 4.39 Å². The van der Waals surface area contributed by atoms with Gasteiger partial charge in [0.25, 0.3) is 0 Å². The SMILES string of the molecule is C[C@H](OC1CCCCO1)[C@H]1COC(=O)N1c1noc2c(F)c(F)c(C3OCCO3)cc12. The molecule has 0 bridgehead atoms. The summed E-state index contributed by atoms with van der Waals surface area (Å²) in [7, 11) is 0. The number of nitrogens with zero attached hydrogens (tertiary/aromatic N) is 2. The molecule has 0 saturated carbocycles. The van der Waals surface area contributed by atoms with Gasteiger partial charge in [0, 0.05) is 12.2 Å². The van der Waals surface area contributed by atoms with E-state index in [1.807, 2.05) is 0 Å². The number of anilines is 1. The van der Waals surface area contributed by atoms with Gasteiger partial charge in [0.2, 0.25) is 11.4 Å². The van der Waals surface area contributed by atoms with Crippen molar-refractivity contribution < 1.29 is 41.8 Å². The summed E-state index contributed by atoms with van der Waals surface area (Å²) in [5.41, 5.74) is -0.534. The van der Waals surface area contributed by atoms with Crippen LogP contribution < -0.4 is 4.90 Å². The molecule has 2 aromatic rings. The first-order valence-electron chi connectivity index (χ1n) is 10.3. The molecule has 0 N–H and O–H groups in total. The lowest BCUT2D eigenvalue weighted by Crippen LogP contribution is -2.44. The topological polar surface area (TPSA) is 92.5 Å². The van der Waals surface area contributed by atoms with Crippen molar-refractivity contribution in [3.8, 4) is 0 Å². The summed E-state index contributed by atoms with van der Waals surface area (Å²) in [6.45, 7) is 2.99. The molecule has 3 aliphatic rings. The quantitative estimate of drug-likeness (QED) is 0.699. The largest absolute Gasteiger partial charge is 0.447 e. The molecule has 1 aromatic heterocycles. The molecule has 1 unspecified atom stereocenters. The van der Waals surface area contributed by atoms with Crippen LogP contribution in [0.1, 0.15) is 38.0 Å². The standard InChI is InChI=1S/C20H22F2N2O7/c1-10(30-14-4-2-3-5-26-14)13-9-29-20(25)24(13)18-12-8-11(19-27-6-7-28-19)15(21)16(22)17(12)31-23-18/h8,10,13-14,19H,2-7,9H2,1H3/t10-,13+,14?/m0/s1. The highest BCUT2D eigenvalue weighted by atomic mass is 19.2. The number of amides is 1. The number of rotatable bonds is 5. The van der Waals surface area contributed by atoms with Gasteiger partial charge in [0.05, 0.1) is 24.7 Å².